The number of ether oxygens (including phenoxy) is 1. The SMILES string of the molecule is [2H]c1c([2H])c([2H])c2c(-c3ccc4c5c(cccc35)-c3cc(-c5ccc6ccc7cccc8ccc5c6c78)ccc3O4)c([2H])c([2H])c([2H])c2c1[2H]. The lowest BCUT2D eigenvalue weighted by Gasteiger charge is -2.24. The molecule has 1 heteroatoms. The van der Waals surface area contributed by atoms with E-state index in [1.54, 1.807) is 6.07 Å². The summed E-state index contributed by atoms with van der Waals surface area (Å²) in [7, 11) is 0. The van der Waals surface area contributed by atoms with E-state index in [0.29, 0.717) is 17.1 Å². The molecule has 0 unspecified atom stereocenters. The predicted octanol–water partition coefficient (Wildman–Crippen LogP) is 12.0. The molecule has 1 aliphatic heterocycles. The molecular weight excluding hydrogens is 520 g/mol. The lowest BCUT2D eigenvalue weighted by atomic mass is 9.87. The molecule has 0 amide bonds. The van der Waals surface area contributed by atoms with Crippen molar-refractivity contribution in [2.45, 2.75) is 0 Å². The van der Waals surface area contributed by atoms with Gasteiger partial charge in [-0.25, -0.2) is 0 Å². The van der Waals surface area contributed by atoms with Crippen LogP contribution in [-0.2, 0) is 0 Å². The summed E-state index contributed by atoms with van der Waals surface area (Å²) in [5.41, 5.74) is 4.73. The van der Waals surface area contributed by atoms with E-state index in [1.165, 1.54) is 32.3 Å². The van der Waals surface area contributed by atoms with Crippen LogP contribution in [0.1, 0.15) is 9.60 Å². The molecule has 0 saturated heterocycles. The van der Waals surface area contributed by atoms with Gasteiger partial charge in [0.2, 0.25) is 0 Å². The zero-order chi connectivity index (χ0) is 34.2. The first kappa shape index (κ1) is 17.3. The first-order valence-electron chi connectivity index (χ1n) is 17.8. The maximum atomic E-state index is 8.98. The van der Waals surface area contributed by atoms with Gasteiger partial charge in [-0.15, -0.1) is 0 Å². The first-order chi connectivity index (χ1) is 24.2. The van der Waals surface area contributed by atoms with E-state index in [1.807, 2.05) is 30.3 Å². The molecule has 9 aromatic carbocycles. The maximum Gasteiger partial charge on any atom is 0.135 e. The zero-order valence-electron chi connectivity index (χ0n) is 29.7. The van der Waals surface area contributed by atoms with E-state index in [9.17, 15) is 0 Å². The standard InChI is InChI=1S/C42H24O/c1-2-10-30-25(6-1)7-4-11-32(30)33-21-23-39-42-34(33)12-5-13-35(42)37-24-29(18-22-38(37)43-39)31-19-16-28-15-14-26-8-3-9-27-17-20-36(31)41(28)40(26)27/h1-24H/i1D,2D,4D,6D,7D,10D,11D. The molecule has 9 aromatic rings. The fourth-order valence-corrected chi connectivity index (χ4v) is 7.02. The van der Waals surface area contributed by atoms with Crippen LogP contribution in [0.4, 0.5) is 0 Å². The fourth-order valence-electron chi connectivity index (χ4n) is 7.02. The second kappa shape index (κ2) is 8.44. The van der Waals surface area contributed by atoms with E-state index in [2.05, 4.69) is 66.7 Å². The Labute approximate surface area is 258 Å². The number of rotatable bonds is 2. The van der Waals surface area contributed by atoms with Gasteiger partial charge >= 0.3 is 0 Å². The van der Waals surface area contributed by atoms with Crippen LogP contribution in [0.25, 0.3) is 87.2 Å². The van der Waals surface area contributed by atoms with E-state index < -0.39 is 18.1 Å². The highest BCUT2D eigenvalue weighted by Crippen LogP contribution is 2.50. The molecular formula is C42H24O. The molecule has 0 N–H and O–H groups in total. The van der Waals surface area contributed by atoms with Gasteiger partial charge in [-0.1, -0.05) is 127 Å². The van der Waals surface area contributed by atoms with Gasteiger partial charge in [0.25, 0.3) is 0 Å². The van der Waals surface area contributed by atoms with Crippen molar-refractivity contribution >= 4 is 53.9 Å². The van der Waals surface area contributed by atoms with Crippen molar-refractivity contribution in [3.63, 3.8) is 0 Å². The Morgan fingerprint density at radius 2 is 1.12 bits per heavy atom. The van der Waals surface area contributed by atoms with E-state index in [4.69, 9.17) is 14.3 Å². The van der Waals surface area contributed by atoms with Crippen LogP contribution in [0.5, 0.6) is 11.5 Å². The minimum absolute atomic E-state index is 0.0630. The summed E-state index contributed by atoms with van der Waals surface area (Å²) >= 11 is 0. The van der Waals surface area contributed by atoms with Crippen LogP contribution < -0.4 is 4.74 Å². The average molecular weight is 552 g/mol. The van der Waals surface area contributed by atoms with Crippen LogP contribution in [-0.4, -0.2) is 0 Å². The molecule has 0 spiro atoms. The van der Waals surface area contributed by atoms with Crippen molar-refractivity contribution in [1.82, 2.24) is 0 Å². The highest BCUT2D eigenvalue weighted by Gasteiger charge is 2.23. The molecule has 0 saturated carbocycles. The molecule has 0 aromatic heterocycles. The summed E-state index contributed by atoms with van der Waals surface area (Å²) in [4.78, 5) is 0. The minimum atomic E-state index is -0.471. The van der Waals surface area contributed by atoms with Gasteiger partial charge in [0, 0.05) is 10.9 Å². The van der Waals surface area contributed by atoms with Gasteiger partial charge in [-0.05, 0) is 94.5 Å². The van der Waals surface area contributed by atoms with E-state index >= 15 is 0 Å². The molecule has 10 rings (SSSR count). The van der Waals surface area contributed by atoms with Crippen LogP contribution in [0.2, 0.25) is 0 Å². The molecule has 0 fully saturated rings. The lowest BCUT2D eigenvalue weighted by molar-refractivity contribution is 0.487. The Hall–Kier alpha value is -5.66. The second-order valence-corrected chi connectivity index (χ2v) is 11.1. The normalized spacial score (nSPS) is 14.7. The van der Waals surface area contributed by atoms with E-state index in [-0.39, 0.29) is 40.5 Å². The Kier molecular flexibility index (Phi) is 3.40. The summed E-state index contributed by atoms with van der Waals surface area (Å²) in [5, 5.41) is 8.83. The molecule has 198 valence electrons. The Morgan fingerprint density at radius 1 is 0.395 bits per heavy atom. The largest absolute Gasteiger partial charge is 0.456 e. The molecule has 1 aliphatic rings. The molecule has 0 bridgehead atoms. The lowest BCUT2D eigenvalue weighted by Crippen LogP contribution is -1.98. The van der Waals surface area contributed by atoms with Gasteiger partial charge in [0.1, 0.15) is 11.5 Å². The summed E-state index contributed by atoms with van der Waals surface area (Å²) in [6.45, 7) is 0. The van der Waals surface area contributed by atoms with Gasteiger partial charge in [-0.3, -0.25) is 0 Å². The van der Waals surface area contributed by atoms with Crippen molar-refractivity contribution in [1.29, 1.82) is 0 Å². The highest BCUT2D eigenvalue weighted by molar-refractivity contribution is 6.25. The molecule has 0 radical (unpaired) electrons. The minimum Gasteiger partial charge on any atom is -0.456 e. The fraction of sp³-hybridized carbons (Fsp3) is 0. The van der Waals surface area contributed by atoms with Gasteiger partial charge in [0.15, 0.2) is 0 Å². The number of fused-ring (bicyclic) bond motifs is 3. The number of benzene rings is 9. The Bertz CT molecular complexity index is 2960. The second-order valence-electron chi connectivity index (χ2n) is 11.1. The third kappa shape index (κ3) is 3.17. The van der Waals surface area contributed by atoms with Crippen molar-refractivity contribution in [3.8, 4) is 44.9 Å². The molecule has 1 nitrogen and oxygen atoms in total. The topological polar surface area (TPSA) is 9.23 Å². The quantitative estimate of drug-likeness (QED) is 0.194. The van der Waals surface area contributed by atoms with Crippen LogP contribution in [0.15, 0.2) is 145 Å². The predicted molar refractivity (Wildman–Crippen MR) is 182 cm³/mol. The summed E-state index contributed by atoms with van der Waals surface area (Å²) in [6.07, 6.45) is 0. The van der Waals surface area contributed by atoms with E-state index in [0.717, 1.165) is 33.0 Å². The average Bonchev–Trinajstić information content (AvgIpc) is 3.14. The van der Waals surface area contributed by atoms with Gasteiger partial charge in [0.05, 0.1) is 9.60 Å². The third-order valence-electron chi connectivity index (χ3n) is 8.91. The van der Waals surface area contributed by atoms with Crippen molar-refractivity contribution in [2.75, 3.05) is 0 Å². The number of hydrogen-bond donors (Lipinski definition) is 0. The van der Waals surface area contributed by atoms with Gasteiger partial charge in [-0.2, -0.15) is 0 Å². The first-order valence-corrected chi connectivity index (χ1v) is 14.3. The Balaban J connectivity index is 1.22. The van der Waals surface area contributed by atoms with Gasteiger partial charge < -0.3 is 4.74 Å². The number of hydrogen-bond acceptors (Lipinski definition) is 1. The Morgan fingerprint density at radius 3 is 2.05 bits per heavy atom. The summed E-state index contributed by atoms with van der Waals surface area (Å²) in [6, 6.07) is 32.6. The van der Waals surface area contributed by atoms with Crippen molar-refractivity contribution < 1.29 is 14.3 Å². The molecule has 43 heavy (non-hydrogen) atoms. The highest BCUT2D eigenvalue weighted by atomic mass is 16.5. The smallest absolute Gasteiger partial charge is 0.135 e. The van der Waals surface area contributed by atoms with Crippen LogP contribution in [0.3, 0.4) is 0 Å². The van der Waals surface area contributed by atoms with Crippen LogP contribution >= 0.6 is 0 Å². The maximum absolute atomic E-state index is 8.98. The molecule has 0 atom stereocenters. The zero-order valence-corrected chi connectivity index (χ0v) is 22.7. The summed E-state index contributed by atoms with van der Waals surface area (Å²) in [5.74, 6) is 1.34. The van der Waals surface area contributed by atoms with Crippen molar-refractivity contribution in [2.24, 2.45) is 0 Å². The van der Waals surface area contributed by atoms with Crippen molar-refractivity contribution in [3.05, 3.63) is 145 Å². The van der Waals surface area contributed by atoms with Crippen LogP contribution in [0, 0.1) is 0 Å². The molecule has 0 aliphatic carbocycles. The third-order valence-corrected chi connectivity index (χ3v) is 8.91. The molecule has 1 heterocycles. The summed E-state index contributed by atoms with van der Waals surface area (Å²) < 4.78 is 66.7. The monoisotopic (exact) mass is 551 g/mol.